The van der Waals surface area contributed by atoms with Crippen molar-refractivity contribution in [1.82, 2.24) is 9.97 Å². The molecule has 0 saturated carbocycles. The third-order valence-electron chi connectivity index (χ3n) is 4.05. The largest absolute Gasteiger partial charge is 0.416 e. The van der Waals surface area contributed by atoms with Crippen LogP contribution in [0.5, 0.6) is 0 Å². The molecular formula is C19H22ClF3N2. The molecule has 6 heteroatoms. The van der Waals surface area contributed by atoms with Crippen molar-refractivity contribution in [1.29, 1.82) is 0 Å². The van der Waals surface area contributed by atoms with Crippen LogP contribution in [-0.4, -0.2) is 9.97 Å². The van der Waals surface area contributed by atoms with E-state index in [-0.39, 0.29) is 10.6 Å². The summed E-state index contributed by atoms with van der Waals surface area (Å²) in [5, 5.41) is -0.150. The summed E-state index contributed by atoms with van der Waals surface area (Å²) in [6, 6.07) is 5.81. The lowest BCUT2D eigenvalue weighted by atomic mass is 9.81. The number of pyridine rings is 2. The van der Waals surface area contributed by atoms with Gasteiger partial charge in [0.1, 0.15) is 5.15 Å². The highest BCUT2D eigenvalue weighted by Crippen LogP contribution is 2.35. The second-order valence-electron chi connectivity index (χ2n) is 7.92. The van der Waals surface area contributed by atoms with Crippen LogP contribution in [0.2, 0.25) is 5.15 Å². The van der Waals surface area contributed by atoms with Gasteiger partial charge in [-0.15, -0.1) is 0 Å². The minimum atomic E-state index is -4.45. The molecule has 0 aliphatic carbocycles. The molecule has 0 bridgehead atoms. The van der Waals surface area contributed by atoms with Gasteiger partial charge in [-0.25, -0.2) is 4.98 Å². The van der Waals surface area contributed by atoms with Crippen LogP contribution < -0.4 is 0 Å². The van der Waals surface area contributed by atoms with Crippen LogP contribution in [-0.2, 0) is 23.4 Å². The summed E-state index contributed by atoms with van der Waals surface area (Å²) in [5.74, 6) is 0. The van der Waals surface area contributed by atoms with Crippen molar-refractivity contribution < 1.29 is 13.2 Å². The molecule has 2 aromatic heterocycles. The zero-order valence-corrected chi connectivity index (χ0v) is 15.8. The second kappa shape index (κ2) is 6.60. The van der Waals surface area contributed by atoms with E-state index in [9.17, 15) is 13.2 Å². The van der Waals surface area contributed by atoms with Crippen LogP contribution in [0, 0.1) is 0 Å². The molecule has 0 amide bonds. The Morgan fingerprint density at radius 3 is 2.16 bits per heavy atom. The molecular weight excluding hydrogens is 349 g/mol. The van der Waals surface area contributed by atoms with Crippen molar-refractivity contribution in [2.24, 2.45) is 0 Å². The standard InChI is InChI=1S/C19H22ClF3N2/c1-17(2,3)14-8-12(6-7-24-14)11-18(4,5)15-9-13(19(21,22)23)10-16(20)25-15/h6-10H,11H2,1-5H3. The number of alkyl halides is 3. The van der Waals surface area contributed by atoms with Gasteiger partial charge >= 0.3 is 6.18 Å². The summed E-state index contributed by atoms with van der Waals surface area (Å²) >= 11 is 5.83. The van der Waals surface area contributed by atoms with Gasteiger partial charge in [-0.05, 0) is 36.2 Å². The average Bonchev–Trinajstić information content (AvgIpc) is 2.44. The number of aromatic nitrogens is 2. The first kappa shape index (κ1) is 19.7. The van der Waals surface area contributed by atoms with E-state index in [0.717, 1.165) is 23.4 Å². The quantitative estimate of drug-likeness (QED) is 0.622. The SMILES string of the molecule is CC(C)(C)c1cc(CC(C)(C)c2cc(C(F)(F)F)cc(Cl)n2)ccn1. The third kappa shape index (κ3) is 4.94. The molecule has 0 spiro atoms. The van der Waals surface area contributed by atoms with Crippen LogP contribution in [0.1, 0.15) is 57.1 Å². The second-order valence-corrected chi connectivity index (χ2v) is 8.31. The highest BCUT2D eigenvalue weighted by atomic mass is 35.5. The zero-order chi connectivity index (χ0) is 19.0. The topological polar surface area (TPSA) is 25.8 Å². The number of rotatable bonds is 3. The van der Waals surface area contributed by atoms with E-state index < -0.39 is 17.2 Å². The van der Waals surface area contributed by atoms with E-state index in [1.807, 2.05) is 26.0 Å². The van der Waals surface area contributed by atoms with Crippen LogP contribution in [0.25, 0.3) is 0 Å². The highest BCUT2D eigenvalue weighted by molar-refractivity contribution is 6.29. The van der Waals surface area contributed by atoms with Gasteiger partial charge in [0.2, 0.25) is 0 Å². The lowest BCUT2D eigenvalue weighted by Gasteiger charge is -2.26. The van der Waals surface area contributed by atoms with Crippen LogP contribution in [0.4, 0.5) is 13.2 Å². The van der Waals surface area contributed by atoms with Crippen LogP contribution in [0.3, 0.4) is 0 Å². The molecule has 0 aliphatic rings. The lowest BCUT2D eigenvalue weighted by molar-refractivity contribution is -0.137. The molecule has 0 radical (unpaired) electrons. The first-order chi connectivity index (χ1) is 11.3. The predicted octanol–water partition coefficient (Wildman–Crippen LogP) is 5.97. The van der Waals surface area contributed by atoms with Gasteiger partial charge in [0.15, 0.2) is 0 Å². The van der Waals surface area contributed by atoms with Gasteiger partial charge in [-0.1, -0.05) is 46.2 Å². The van der Waals surface area contributed by atoms with E-state index in [4.69, 9.17) is 11.6 Å². The maximum Gasteiger partial charge on any atom is 0.416 e. The number of nitrogens with zero attached hydrogens (tertiary/aromatic N) is 2. The van der Waals surface area contributed by atoms with E-state index in [2.05, 4.69) is 30.7 Å². The van der Waals surface area contributed by atoms with Gasteiger partial charge < -0.3 is 0 Å². The minimum Gasteiger partial charge on any atom is -0.261 e. The Morgan fingerprint density at radius 1 is 0.960 bits per heavy atom. The lowest BCUT2D eigenvalue weighted by Crippen LogP contribution is -2.24. The maximum absolute atomic E-state index is 13.1. The van der Waals surface area contributed by atoms with Crippen molar-refractivity contribution in [3.05, 3.63) is 58.1 Å². The normalized spacial score (nSPS) is 13.2. The van der Waals surface area contributed by atoms with E-state index in [1.54, 1.807) is 6.20 Å². The summed E-state index contributed by atoms with van der Waals surface area (Å²) in [6.07, 6.45) is -2.19. The third-order valence-corrected chi connectivity index (χ3v) is 4.25. The van der Waals surface area contributed by atoms with Gasteiger partial charge in [-0.3, -0.25) is 4.98 Å². The summed E-state index contributed by atoms with van der Waals surface area (Å²) < 4.78 is 39.2. The van der Waals surface area contributed by atoms with Crippen molar-refractivity contribution >= 4 is 11.6 Å². The molecule has 2 rings (SSSR count). The van der Waals surface area contributed by atoms with Crippen LogP contribution >= 0.6 is 11.6 Å². The molecule has 0 fully saturated rings. The van der Waals surface area contributed by atoms with Gasteiger partial charge in [0.25, 0.3) is 0 Å². The first-order valence-corrected chi connectivity index (χ1v) is 8.37. The molecule has 2 nitrogen and oxygen atoms in total. The summed E-state index contributed by atoms with van der Waals surface area (Å²) in [7, 11) is 0. The summed E-state index contributed by atoms with van der Waals surface area (Å²) in [6.45, 7) is 9.93. The summed E-state index contributed by atoms with van der Waals surface area (Å²) in [4.78, 5) is 8.52. The van der Waals surface area contributed by atoms with Crippen LogP contribution in [0.15, 0.2) is 30.5 Å². The van der Waals surface area contributed by atoms with Gasteiger partial charge in [0, 0.05) is 28.4 Å². The molecule has 0 aromatic carbocycles. The smallest absolute Gasteiger partial charge is 0.261 e. The minimum absolute atomic E-state index is 0.0993. The molecule has 2 heterocycles. The number of hydrogen-bond acceptors (Lipinski definition) is 2. The Labute approximate surface area is 151 Å². The van der Waals surface area contributed by atoms with Crippen molar-refractivity contribution in [2.75, 3.05) is 0 Å². The van der Waals surface area contributed by atoms with Crippen molar-refractivity contribution in [2.45, 2.75) is 58.0 Å². The van der Waals surface area contributed by atoms with Gasteiger partial charge in [-0.2, -0.15) is 13.2 Å². The predicted molar refractivity (Wildman–Crippen MR) is 93.9 cm³/mol. The molecule has 0 saturated heterocycles. The molecule has 0 N–H and O–H groups in total. The molecule has 0 aliphatic heterocycles. The fraction of sp³-hybridized carbons (Fsp3) is 0.474. The monoisotopic (exact) mass is 370 g/mol. The fourth-order valence-corrected chi connectivity index (χ4v) is 2.81. The number of halogens is 4. The molecule has 136 valence electrons. The molecule has 25 heavy (non-hydrogen) atoms. The maximum atomic E-state index is 13.1. The Kier molecular flexibility index (Phi) is 5.20. The van der Waals surface area contributed by atoms with E-state index in [1.165, 1.54) is 0 Å². The molecule has 0 atom stereocenters. The first-order valence-electron chi connectivity index (χ1n) is 8.00. The Morgan fingerprint density at radius 2 is 1.60 bits per heavy atom. The Bertz CT molecular complexity index is 762. The van der Waals surface area contributed by atoms with Gasteiger partial charge in [0.05, 0.1) is 5.56 Å². The van der Waals surface area contributed by atoms with E-state index in [0.29, 0.717) is 12.1 Å². The van der Waals surface area contributed by atoms with Crippen molar-refractivity contribution in [3.8, 4) is 0 Å². The molecule has 2 aromatic rings. The van der Waals surface area contributed by atoms with E-state index >= 15 is 0 Å². The zero-order valence-electron chi connectivity index (χ0n) is 15.0. The summed E-state index contributed by atoms with van der Waals surface area (Å²) in [5.41, 5.74) is 0.775. The Hall–Kier alpha value is -1.62. The average molecular weight is 371 g/mol. The fourth-order valence-electron chi connectivity index (χ4n) is 2.60. The highest BCUT2D eigenvalue weighted by Gasteiger charge is 2.34. The Balaban J connectivity index is 2.38. The number of hydrogen-bond donors (Lipinski definition) is 0. The molecule has 0 unspecified atom stereocenters. The van der Waals surface area contributed by atoms with Crippen molar-refractivity contribution in [3.63, 3.8) is 0 Å².